The molecule has 0 bridgehead atoms. The largest absolute Gasteiger partial charge is 0.497 e. The van der Waals surface area contributed by atoms with Gasteiger partial charge in [-0.3, -0.25) is 4.90 Å². The van der Waals surface area contributed by atoms with Crippen LogP contribution in [0.15, 0.2) is 36.8 Å². The summed E-state index contributed by atoms with van der Waals surface area (Å²) in [5.41, 5.74) is 8.25. The molecule has 1 aliphatic rings. The number of nitrogen functional groups attached to an aromatic ring is 1. The fourth-order valence-electron chi connectivity index (χ4n) is 3.86. The number of methoxy groups -OCH3 is 1. The quantitative estimate of drug-likeness (QED) is 0.607. The average Bonchev–Trinajstić information content (AvgIpc) is 3.31. The zero-order valence-corrected chi connectivity index (χ0v) is 15.5. The number of carbonyl (C=O) groups is 2. The van der Waals surface area contributed by atoms with Gasteiger partial charge in [0.2, 0.25) is 0 Å². The highest BCUT2D eigenvalue weighted by molar-refractivity contribution is 6.00. The highest BCUT2D eigenvalue weighted by Gasteiger charge is 2.41. The number of benzene rings is 1. The molecule has 150 valence electrons. The third kappa shape index (κ3) is 3.08. The fraction of sp³-hybridized carbons (Fsp3) is 0.263. The number of aromatic nitrogens is 3. The molecule has 1 aliphatic heterocycles. The first kappa shape index (κ1) is 18.5. The normalized spacial score (nSPS) is 18.9. The topological polar surface area (TPSA) is 144 Å². The maximum atomic E-state index is 11.5. The summed E-state index contributed by atoms with van der Waals surface area (Å²) in [6, 6.07) is 5.90. The second kappa shape index (κ2) is 6.97. The summed E-state index contributed by atoms with van der Waals surface area (Å²) in [7, 11) is 1.57. The number of aliphatic carboxylic acids is 1. The molecule has 0 radical (unpaired) electrons. The summed E-state index contributed by atoms with van der Waals surface area (Å²) < 4.78 is 7.09. The van der Waals surface area contributed by atoms with E-state index >= 15 is 0 Å². The van der Waals surface area contributed by atoms with Gasteiger partial charge in [0, 0.05) is 24.7 Å². The Bertz CT molecular complexity index is 1090. The minimum absolute atomic E-state index is 0.0392. The standard InChI is InChI=1S/C19H19N5O5/c1-29-12-4-2-3-10(5-12)13-8-23(17-15(13)16(20)21-9-22-17)11-6-14(18(25)26)24(7-11)19(27)28/h2-5,8-9,11,14H,6-7H2,1H3,(H,25,26)(H,27,28)(H2,20,21,22). The van der Waals surface area contributed by atoms with Gasteiger partial charge in [-0.25, -0.2) is 19.6 Å². The summed E-state index contributed by atoms with van der Waals surface area (Å²) in [6.07, 6.45) is 2.02. The molecule has 2 aromatic heterocycles. The summed E-state index contributed by atoms with van der Waals surface area (Å²) in [5.74, 6) is -0.217. The van der Waals surface area contributed by atoms with Gasteiger partial charge >= 0.3 is 12.1 Å². The molecule has 0 saturated carbocycles. The lowest BCUT2D eigenvalue weighted by atomic mass is 10.1. The average molecular weight is 397 g/mol. The maximum Gasteiger partial charge on any atom is 0.408 e. The van der Waals surface area contributed by atoms with E-state index in [9.17, 15) is 19.8 Å². The molecule has 0 spiro atoms. The van der Waals surface area contributed by atoms with E-state index < -0.39 is 24.1 Å². The highest BCUT2D eigenvalue weighted by Crippen LogP contribution is 2.38. The molecule has 3 heterocycles. The number of likely N-dealkylation sites (tertiary alicyclic amines) is 1. The Morgan fingerprint density at radius 1 is 1.28 bits per heavy atom. The highest BCUT2D eigenvalue weighted by atomic mass is 16.5. The van der Waals surface area contributed by atoms with Gasteiger partial charge in [0.1, 0.15) is 29.6 Å². The van der Waals surface area contributed by atoms with Gasteiger partial charge < -0.3 is 25.3 Å². The number of carboxylic acid groups (broad SMARTS) is 2. The molecular weight excluding hydrogens is 378 g/mol. The minimum Gasteiger partial charge on any atom is -0.497 e. The van der Waals surface area contributed by atoms with E-state index in [4.69, 9.17) is 10.5 Å². The minimum atomic E-state index is -1.27. The molecule has 4 N–H and O–H groups in total. The summed E-state index contributed by atoms with van der Waals surface area (Å²) in [4.78, 5) is 32.4. The summed E-state index contributed by atoms with van der Waals surface area (Å²) >= 11 is 0. The van der Waals surface area contributed by atoms with Gasteiger partial charge in [-0.1, -0.05) is 12.1 Å². The predicted molar refractivity (Wildman–Crippen MR) is 104 cm³/mol. The van der Waals surface area contributed by atoms with Crippen LogP contribution in [-0.2, 0) is 4.79 Å². The molecule has 3 aromatic rings. The van der Waals surface area contributed by atoms with Gasteiger partial charge in [0.15, 0.2) is 0 Å². The first-order valence-corrected chi connectivity index (χ1v) is 8.88. The van der Waals surface area contributed by atoms with E-state index in [1.807, 2.05) is 30.5 Å². The number of nitrogens with zero attached hydrogens (tertiary/aromatic N) is 4. The van der Waals surface area contributed by atoms with Crippen LogP contribution in [0.1, 0.15) is 12.5 Å². The Kier molecular flexibility index (Phi) is 4.45. The van der Waals surface area contributed by atoms with Gasteiger partial charge in [-0.05, 0) is 17.7 Å². The smallest absolute Gasteiger partial charge is 0.408 e. The van der Waals surface area contributed by atoms with Gasteiger partial charge in [-0.15, -0.1) is 0 Å². The van der Waals surface area contributed by atoms with E-state index in [0.29, 0.717) is 16.8 Å². The molecule has 10 nitrogen and oxygen atoms in total. The van der Waals surface area contributed by atoms with Gasteiger partial charge in [0.05, 0.1) is 18.5 Å². The number of hydrogen-bond donors (Lipinski definition) is 3. The number of fused-ring (bicyclic) bond motifs is 1. The van der Waals surface area contributed by atoms with Crippen LogP contribution in [0.5, 0.6) is 5.75 Å². The second-order valence-electron chi connectivity index (χ2n) is 6.82. The molecular formula is C19H19N5O5. The van der Waals surface area contributed by atoms with Crippen molar-refractivity contribution in [2.45, 2.75) is 18.5 Å². The van der Waals surface area contributed by atoms with Gasteiger partial charge in [0.25, 0.3) is 0 Å². The fourth-order valence-corrected chi connectivity index (χ4v) is 3.86. The Balaban J connectivity index is 1.85. The molecule has 1 amide bonds. The van der Waals surface area contributed by atoms with Crippen LogP contribution < -0.4 is 10.5 Å². The number of carboxylic acids is 1. The van der Waals surface area contributed by atoms with E-state index in [1.54, 1.807) is 11.7 Å². The number of ether oxygens (including phenoxy) is 1. The zero-order valence-electron chi connectivity index (χ0n) is 15.5. The van der Waals surface area contributed by atoms with Crippen molar-refractivity contribution in [2.75, 3.05) is 19.4 Å². The van der Waals surface area contributed by atoms with Crippen molar-refractivity contribution in [3.63, 3.8) is 0 Å². The molecule has 1 saturated heterocycles. The molecule has 2 unspecified atom stereocenters. The van der Waals surface area contributed by atoms with Crippen LogP contribution in [0, 0.1) is 0 Å². The van der Waals surface area contributed by atoms with E-state index in [0.717, 1.165) is 16.0 Å². The molecule has 1 fully saturated rings. The summed E-state index contributed by atoms with van der Waals surface area (Å²) in [6.45, 7) is 0.0392. The molecule has 1 aromatic carbocycles. The SMILES string of the molecule is COc1cccc(-c2cn(C3CC(C(=O)O)N(C(=O)O)C3)c3ncnc(N)c23)c1. The first-order chi connectivity index (χ1) is 13.9. The van der Waals surface area contributed by atoms with Crippen molar-refractivity contribution < 1.29 is 24.5 Å². The first-order valence-electron chi connectivity index (χ1n) is 8.88. The third-order valence-corrected chi connectivity index (χ3v) is 5.22. The van der Waals surface area contributed by atoms with Crippen molar-refractivity contribution in [2.24, 2.45) is 0 Å². The number of nitrogens with two attached hydrogens (primary N) is 1. The van der Waals surface area contributed by atoms with E-state index in [-0.39, 0.29) is 18.8 Å². The van der Waals surface area contributed by atoms with Crippen LogP contribution >= 0.6 is 0 Å². The van der Waals surface area contributed by atoms with Crippen LogP contribution in [0.3, 0.4) is 0 Å². The molecule has 29 heavy (non-hydrogen) atoms. The predicted octanol–water partition coefficient (Wildman–Crippen LogP) is 2.07. The second-order valence-corrected chi connectivity index (χ2v) is 6.82. The number of rotatable bonds is 4. The molecule has 2 atom stereocenters. The van der Waals surface area contributed by atoms with Crippen LogP contribution in [0.25, 0.3) is 22.2 Å². The van der Waals surface area contributed by atoms with Crippen molar-refractivity contribution in [1.82, 2.24) is 19.4 Å². The molecule has 0 aliphatic carbocycles. The monoisotopic (exact) mass is 397 g/mol. The number of anilines is 1. The Labute approximate surface area is 165 Å². The molecule has 10 heteroatoms. The lowest BCUT2D eigenvalue weighted by Gasteiger charge is -2.17. The maximum absolute atomic E-state index is 11.5. The van der Waals surface area contributed by atoms with Gasteiger partial charge in [-0.2, -0.15) is 0 Å². The lowest BCUT2D eigenvalue weighted by molar-refractivity contribution is -0.141. The Hall–Kier alpha value is -3.82. The Morgan fingerprint density at radius 2 is 2.07 bits per heavy atom. The number of hydrogen-bond acceptors (Lipinski definition) is 6. The van der Waals surface area contributed by atoms with Crippen LogP contribution in [-0.4, -0.2) is 61.4 Å². The van der Waals surface area contributed by atoms with Crippen molar-refractivity contribution in [3.05, 3.63) is 36.8 Å². The molecule has 4 rings (SSSR count). The van der Waals surface area contributed by atoms with Crippen molar-refractivity contribution in [1.29, 1.82) is 0 Å². The van der Waals surface area contributed by atoms with Crippen molar-refractivity contribution >= 4 is 28.9 Å². The van der Waals surface area contributed by atoms with Crippen LogP contribution in [0.2, 0.25) is 0 Å². The third-order valence-electron chi connectivity index (χ3n) is 5.22. The lowest BCUT2D eigenvalue weighted by Crippen LogP contribution is -2.39. The summed E-state index contributed by atoms with van der Waals surface area (Å²) in [5, 5.41) is 19.4. The number of amides is 1. The van der Waals surface area contributed by atoms with E-state index in [2.05, 4.69) is 9.97 Å². The van der Waals surface area contributed by atoms with Crippen molar-refractivity contribution in [3.8, 4) is 16.9 Å². The Morgan fingerprint density at radius 3 is 2.72 bits per heavy atom. The zero-order chi connectivity index (χ0) is 20.7. The van der Waals surface area contributed by atoms with E-state index in [1.165, 1.54) is 6.33 Å². The van der Waals surface area contributed by atoms with Crippen LogP contribution in [0.4, 0.5) is 10.6 Å².